The van der Waals surface area contributed by atoms with Crippen LogP contribution in [0, 0.1) is 0 Å². The summed E-state index contributed by atoms with van der Waals surface area (Å²) in [6.07, 6.45) is 10.5. The zero-order valence-electron chi connectivity index (χ0n) is 8.92. The molecule has 1 heterocycles. The molecule has 1 unspecified atom stereocenters. The first-order valence-electron chi connectivity index (χ1n) is 5.53. The molecule has 0 saturated carbocycles. The molecule has 0 radical (unpaired) electrons. The Morgan fingerprint density at radius 1 is 1.43 bits per heavy atom. The first-order valence-corrected chi connectivity index (χ1v) is 6.91. The molecule has 1 aliphatic rings. The monoisotopic (exact) mass is 233 g/mol. The summed E-state index contributed by atoms with van der Waals surface area (Å²) < 4.78 is 2.32. The van der Waals surface area contributed by atoms with Crippen LogP contribution < -0.4 is 0 Å². The standard InChI is InChI=1S/C11H20ClNS/c1-2-6-11(12)7-3-4-8-13-9-5-10-14-13/h5,9,11H,2-4,6-8,10H2,1H3. The van der Waals surface area contributed by atoms with Gasteiger partial charge in [0.1, 0.15) is 0 Å². The van der Waals surface area contributed by atoms with Crippen molar-refractivity contribution in [3.8, 4) is 0 Å². The van der Waals surface area contributed by atoms with Crippen LogP contribution in [0.1, 0.15) is 39.0 Å². The summed E-state index contributed by atoms with van der Waals surface area (Å²) in [6, 6.07) is 0. The average molecular weight is 234 g/mol. The number of unbranched alkanes of at least 4 members (excludes halogenated alkanes) is 1. The smallest absolute Gasteiger partial charge is 0.0336 e. The zero-order valence-corrected chi connectivity index (χ0v) is 10.5. The summed E-state index contributed by atoms with van der Waals surface area (Å²) in [5, 5.41) is 0.404. The van der Waals surface area contributed by atoms with Gasteiger partial charge in [-0.1, -0.05) is 25.8 Å². The van der Waals surface area contributed by atoms with E-state index in [1.165, 1.54) is 38.6 Å². The van der Waals surface area contributed by atoms with Gasteiger partial charge in [-0.15, -0.1) is 11.6 Å². The van der Waals surface area contributed by atoms with Gasteiger partial charge in [-0.2, -0.15) is 0 Å². The lowest BCUT2D eigenvalue weighted by atomic mass is 10.1. The van der Waals surface area contributed by atoms with E-state index in [1.54, 1.807) is 0 Å². The summed E-state index contributed by atoms with van der Waals surface area (Å²) in [7, 11) is 0. The predicted octanol–water partition coefficient (Wildman–Crippen LogP) is 4.04. The third-order valence-corrected chi connectivity index (χ3v) is 3.77. The van der Waals surface area contributed by atoms with E-state index in [0.717, 1.165) is 5.75 Å². The van der Waals surface area contributed by atoms with E-state index in [4.69, 9.17) is 11.6 Å². The second kappa shape index (κ2) is 7.47. The van der Waals surface area contributed by atoms with Crippen LogP contribution in [-0.4, -0.2) is 22.0 Å². The van der Waals surface area contributed by atoms with E-state index in [9.17, 15) is 0 Å². The number of hydrogen-bond acceptors (Lipinski definition) is 2. The molecule has 0 spiro atoms. The highest BCUT2D eigenvalue weighted by molar-refractivity contribution is 7.97. The molecule has 0 amide bonds. The lowest BCUT2D eigenvalue weighted by Gasteiger charge is -2.14. The molecule has 0 aromatic heterocycles. The average Bonchev–Trinajstić information content (AvgIpc) is 2.65. The first-order chi connectivity index (χ1) is 6.83. The number of nitrogens with zero attached hydrogens (tertiary/aromatic N) is 1. The largest absolute Gasteiger partial charge is 0.323 e. The Kier molecular flexibility index (Phi) is 6.54. The van der Waals surface area contributed by atoms with Crippen LogP contribution in [0.15, 0.2) is 12.3 Å². The minimum atomic E-state index is 0.404. The van der Waals surface area contributed by atoms with Gasteiger partial charge >= 0.3 is 0 Å². The summed E-state index contributed by atoms with van der Waals surface area (Å²) in [5.41, 5.74) is 0. The fourth-order valence-electron chi connectivity index (χ4n) is 1.57. The number of hydrogen-bond donors (Lipinski definition) is 0. The molecule has 1 aliphatic heterocycles. The maximum atomic E-state index is 6.14. The molecule has 0 aromatic rings. The van der Waals surface area contributed by atoms with Gasteiger partial charge in [-0.3, -0.25) is 0 Å². The second-order valence-electron chi connectivity index (χ2n) is 3.70. The quantitative estimate of drug-likeness (QED) is 0.371. The van der Waals surface area contributed by atoms with E-state index in [0.29, 0.717) is 5.38 Å². The van der Waals surface area contributed by atoms with Crippen molar-refractivity contribution in [1.82, 2.24) is 4.31 Å². The Morgan fingerprint density at radius 2 is 2.29 bits per heavy atom. The molecular weight excluding hydrogens is 214 g/mol. The van der Waals surface area contributed by atoms with Gasteiger partial charge in [-0.05, 0) is 31.2 Å². The normalized spacial score (nSPS) is 17.7. The van der Waals surface area contributed by atoms with Crippen LogP contribution in [0.25, 0.3) is 0 Å². The topological polar surface area (TPSA) is 3.24 Å². The molecule has 0 bridgehead atoms. The fraction of sp³-hybridized carbons (Fsp3) is 0.818. The fourth-order valence-corrected chi connectivity index (χ4v) is 2.74. The van der Waals surface area contributed by atoms with E-state index in [-0.39, 0.29) is 0 Å². The second-order valence-corrected chi connectivity index (χ2v) is 5.38. The van der Waals surface area contributed by atoms with Gasteiger partial charge in [0.2, 0.25) is 0 Å². The van der Waals surface area contributed by atoms with Crippen molar-refractivity contribution in [3.63, 3.8) is 0 Å². The summed E-state index contributed by atoms with van der Waals surface area (Å²) in [5.74, 6) is 1.15. The van der Waals surface area contributed by atoms with E-state index in [2.05, 4.69) is 23.5 Å². The maximum Gasteiger partial charge on any atom is 0.0336 e. The van der Waals surface area contributed by atoms with Gasteiger partial charge in [0.25, 0.3) is 0 Å². The van der Waals surface area contributed by atoms with Crippen LogP contribution in [0.4, 0.5) is 0 Å². The first kappa shape index (κ1) is 12.3. The molecule has 0 aliphatic carbocycles. The van der Waals surface area contributed by atoms with Crippen LogP contribution in [0.3, 0.4) is 0 Å². The van der Waals surface area contributed by atoms with E-state index >= 15 is 0 Å². The maximum absolute atomic E-state index is 6.14. The molecule has 0 N–H and O–H groups in total. The van der Waals surface area contributed by atoms with Crippen molar-refractivity contribution in [3.05, 3.63) is 12.3 Å². The van der Waals surface area contributed by atoms with Crippen molar-refractivity contribution >= 4 is 23.5 Å². The van der Waals surface area contributed by atoms with Crippen molar-refractivity contribution in [2.45, 2.75) is 44.4 Å². The summed E-state index contributed by atoms with van der Waals surface area (Å²) >= 11 is 8.04. The van der Waals surface area contributed by atoms with Gasteiger partial charge in [0, 0.05) is 23.9 Å². The summed E-state index contributed by atoms with van der Waals surface area (Å²) in [6.45, 7) is 3.37. The lowest BCUT2D eigenvalue weighted by Crippen LogP contribution is -2.07. The molecule has 0 fully saturated rings. The van der Waals surface area contributed by atoms with Crippen LogP contribution in [0.2, 0.25) is 0 Å². The van der Waals surface area contributed by atoms with Crippen molar-refractivity contribution in [1.29, 1.82) is 0 Å². The molecule has 82 valence electrons. The Hall–Kier alpha value is 0.180. The predicted molar refractivity (Wildman–Crippen MR) is 66.7 cm³/mol. The van der Waals surface area contributed by atoms with Crippen molar-refractivity contribution in [2.75, 3.05) is 12.3 Å². The van der Waals surface area contributed by atoms with Gasteiger partial charge in [-0.25, -0.2) is 0 Å². The molecule has 14 heavy (non-hydrogen) atoms. The molecule has 3 heteroatoms. The Bertz CT molecular complexity index is 173. The Morgan fingerprint density at radius 3 is 2.93 bits per heavy atom. The van der Waals surface area contributed by atoms with Crippen LogP contribution in [-0.2, 0) is 0 Å². The van der Waals surface area contributed by atoms with Crippen LogP contribution >= 0.6 is 23.5 Å². The zero-order chi connectivity index (χ0) is 10.2. The molecule has 1 rings (SSSR count). The van der Waals surface area contributed by atoms with Gasteiger partial charge in [0.05, 0.1) is 0 Å². The molecule has 0 aromatic carbocycles. The van der Waals surface area contributed by atoms with Gasteiger partial charge in [0.15, 0.2) is 0 Å². The highest BCUT2D eigenvalue weighted by Crippen LogP contribution is 2.19. The number of halogens is 1. The third kappa shape index (κ3) is 5.16. The minimum Gasteiger partial charge on any atom is -0.323 e. The number of alkyl halides is 1. The Balaban J connectivity index is 1.90. The highest BCUT2D eigenvalue weighted by atomic mass is 35.5. The molecule has 1 atom stereocenters. The SMILES string of the molecule is CCCC(Cl)CCCCN1C=CCS1. The van der Waals surface area contributed by atoms with Gasteiger partial charge < -0.3 is 4.31 Å². The van der Waals surface area contributed by atoms with Crippen molar-refractivity contribution in [2.24, 2.45) is 0 Å². The van der Waals surface area contributed by atoms with E-state index in [1.807, 2.05) is 11.9 Å². The highest BCUT2D eigenvalue weighted by Gasteiger charge is 2.06. The van der Waals surface area contributed by atoms with Crippen molar-refractivity contribution < 1.29 is 0 Å². The number of rotatable bonds is 7. The third-order valence-electron chi connectivity index (χ3n) is 2.36. The van der Waals surface area contributed by atoms with E-state index < -0.39 is 0 Å². The molecular formula is C11H20ClNS. The molecule has 1 nitrogen and oxygen atoms in total. The van der Waals surface area contributed by atoms with Crippen LogP contribution in [0.5, 0.6) is 0 Å². The Labute approximate surface area is 97.0 Å². The minimum absolute atomic E-state index is 0.404. The molecule has 0 saturated heterocycles. The summed E-state index contributed by atoms with van der Waals surface area (Å²) in [4.78, 5) is 0. The lowest BCUT2D eigenvalue weighted by molar-refractivity contribution is 0.541.